The molecular formula is C25H22N2O4. The van der Waals surface area contributed by atoms with Crippen molar-refractivity contribution in [3.05, 3.63) is 108 Å². The molecule has 0 heterocycles. The predicted octanol–water partition coefficient (Wildman–Crippen LogP) is 4.14. The van der Waals surface area contributed by atoms with Crippen molar-refractivity contribution >= 4 is 24.2 Å². The van der Waals surface area contributed by atoms with Crippen LogP contribution in [0.25, 0.3) is 6.08 Å². The zero-order chi connectivity index (χ0) is 21.9. The minimum atomic E-state index is -0.746. The van der Waals surface area contributed by atoms with Crippen molar-refractivity contribution in [1.29, 1.82) is 0 Å². The number of methoxy groups -OCH3 is 1. The van der Waals surface area contributed by atoms with Gasteiger partial charge < -0.3 is 9.47 Å². The normalized spacial score (nSPS) is 12.0. The van der Waals surface area contributed by atoms with Crippen molar-refractivity contribution in [3.63, 3.8) is 0 Å². The van der Waals surface area contributed by atoms with Gasteiger partial charge in [0.1, 0.15) is 5.75 Å². The van der Waals surface area contributed by atoms with E-state index >= 15 is 0 Å². The maximum Gasteiger partial charge on any atom is 0.336 e. The first-order chi connectivity index (χ1) is 15.2. The molecule has 0 radical (unpaired) electrons. The number of benzene rings is 3. The van der Waals surface area contributed by atoms with E-state index in [1.54, 1.807) is 30.3 Å². The van der Waals surface area contributed by atoms with Crippen LogP contribution in [0.4, 0.5) is 0 Å². The van der Waals surface area contributed by atoms with Crippen LogP contribution in [0.15, 0.2) is 96.1 Å². The summed E-state index contributed by atoms with van der Waals surface area (Å²) < 4.78 is 10.5. The third-order valence-electron chi connectivity index (χ3n) is 4.27. The first-order valence-corrected chi connectivity index (χ1v) is 9.61. The van der Waals surface area contributed by atoms with Crippen molar-refractivity contribution in [2.45, 2.75) is 6.10 Å². The van der Waals surface area contributed by atoms with Crippen LogP contribution in [0, 0.1) is 0 Å². The number of esters is 1. The molecule has 0 aliphatic heterocycles. The van der Waals surface area contributed by atoms with Crippen LogP contribution in [0.2, 0.25) is 0 Å². The molecule has 0 saturated carbocycles. The molecule has 0 aromatic heterocycles. The predicted molar refractivity (Wildman–Crippen MR) is 119 cm³/mol. The molecule has 0 fully saturated rings. The fourth-order valence-electron chi connectivity index (χ4n) is 2.75. The van der Waals surface area contributed by atoms with Gasteiger partial charge in [0, 0.05) is 13.2 Å². The summed E-state index contributed by atoms with van der Waals surface area (Å²) >= 11 is 0. The number of ether oxygens (including phenoxy) is 2. The van der Waals surface area contributed by atoms with Crippen LogP contribution in [-0.4, -0.2) is 25.2 Å². The number of amides is 1. The molecule has 3 rings (SSSR count). The van der Waals surface area contributed by atoms with Crippen LogP contribution >= 0.6 is 0 Å². The van der Waals surface area contributed by atoms with E-state index < -0.39 is 12.1 Å². The maximum absolute atomic E-state index is 12.3. The number of nitrogens with zero attached hydrogens (tertiary/aromatic N) is 1. The van der Waals surface area contributed by atoms with E-state index in [2.05, 4.69) is 10.5 Å². The van der Waals surface area contributed by atoms with E-state index in [4.69, 9.17) is 9.47 Å². The van der Waals surface area contributed by atoms with Gasteiger partial charge in [0.2, 0.25) is 0 Å². The summed E-state index contributed by atoms with van der Waals surface area (Å²) in [5, 5.41) is 3.97. The summed E-state index contributed by atoms with van der Waals surface area (Å²) in [5.74, 6) is -0.433. The topological polar surface area (TPSA) is 77.0 Å². The lowest BCUT2D eigenvalue weighted by molar-refractivity contribution is -0.131. The third kappa shape index (κ3) is 6.76. The highest BCUT2D eigenvalue weighted by molar-refractivity contribution is 5.89. The van der Waals surface area contributed by atoms with Crippen LogP contribution in [0.5, 0.6) is 5.75 Å². The Morgan fingerprint density at radius 3 is 2.16 bits per heavy atom. The Balaban J connectivity index is 1.51. The average molecular weight is 414 g/mol. The molecule has 1 atom stereocenters. The van der Waals surface area contributed by atoms with Gasteiger partial charge in [0.05, 0.1) is 6.21 Å². The lowest BCUT2D eigenvalue weighted by Gasteiger charge is -2.13. The Labute approximate surface area is 180 Å². The standard InChI is InChI=1S/C25H22N2O4/c1-30-24(21-10-6-3-7-11-21)25(29)27-26-18-20-12-15-22(16-13-20)31-23(28)17-14-19-8-4-2-5-9-19/h2-18,24H,1H3,(H,27,29)/b17-14+,26-18+. The number of hydrazone groups is 1. The number of carbonyl (C=O) groups excluding carboxylic acids is 2. The summed E-state index contributed by atoms with van der Waals surface area (Å²) in [5.41, 5.74) is 4.85. The quantitative estimate of drug-likeness (QED) is 0.198. The van der Waals surface area contributed by atoms with Crippen LogP contribution in [0.1, 0.15) is 22.8 Å². The van der Waals surface area contributed by atoms with Gasteiger partial charge in [0.15, 0.2) is 6.10 Å². The summed E-state index contributed by atoms with van der Waals surface area (Å²) in [6, 6.07) is 25.4. The first kappa shape index (κ1) is 21.7. The van der Waals surface area contributed by atoms with Gasteiger partial charge >= 0.3 is 5.97 Å². The Bertz CT molecular complexity index is 1050. The molecule has 3 aromatic carbocycles. The lowest BCUT2D eigenvalue weighted by atomic mass is 10.1. The molecule has 1 amide bonds. The minimum Gasteiger partial charge on any atom is -0.423 e. The highest BCUT2D eigenvalue weighted by Gasteiger charge is 2.19. The third-order valence-corrected chi connectivity index (χ3v) is 4.27. The lowest BCUT2D eigenvalue weighted by Crippen LogP contribution is -2.26. The van der Waals surface area contributed by atoms with Gasteiger partial charge in [-0.15, -0.1) is 0 Å². The average Bonchev–Trinajstić information content (AvgIpc) is 2.81. The van der Waals surface area contributed by atoms with Crippen molar-refractivity contribution < 1.29 is 19.1 Å². The van der Waals surface area contributed by atoms with Gasteiger partial charge in [-0.3, -0.25) is 4.79 Å². The van der Waals surface area contributed by atoms with E-state index in [0.717, 1.165) is 16.7 Å². The zero-order valence-electron chi connectivity index (χ0n) is 17.0. The molecule has 0 spiro atoms. The molecule has 156 valence electrons. The molecule has 1 N–H and O–H groups in total. The fourth-order valence-corrected chi connectivity index (χ4v) is 2.75. The van der Waals surface area contributed by atoms with Crippen molar-refractivity contribution in [3.8, 4) is 5.75 Å². The summed E-state index contributed by atoms with van der Waals surface area (Å²) in [7, 11) is 1.47. The summed E-state index contributed by atoms with van der Waals surface area (Å²) in [4.78, 5) is 24.2. The van der Waals surface area contributed by atoms with E-state index in [1.165, 1.54) is 19.4 Å². The Hall–Kier alpha value is -4.03. The van der Waals surface area contributed by atoms with E-state index in [9.17, 15) is 9.59 Å². The molecule has 0 aliphatic rings. The van der Waals surface area contributed by atoms with Crippen LogP contribution in [-0.2, 0) is 14.3 Å². The Morgan fingerprint density at radius 1 is 0.871 bits per heavy atom. The van der Waals surface area contributed by atoms with Gasteiger partial charge in [-0.1, -0.05) is 60.7 Å². The highest BCUT2D eigenvalue weighted by atomic mass is 16.5. The second kappa shape index (κ2) is 11.2. The molecule has 31 heavy (non-hydrogen) atoms. The summed E-state index contributed by atoms with van der Waals surface area (Å²) in [6.45, 7) is 0. The smallest absolute Gasteiger partial charge is 0.336 e. The maximum atomic E-state index is 12.3. The minimum absolute atomic E-state index is 0.374. The van der Waals surface area contributed by atoms with Gasteiger partial charge in [-0.2, -0.15) is 5.10 Å². The Morgan fingerprint density at radius 2 is 1.52 bits per heavy atom. The van der Waals surface area contributed by atoms with Crippen molar-refractivity contribution in [2.75, 3.05) is 7.11 Å². The molecule has 1 unspecified atom stereocenters. The molecule has 6 nitrogen and oxygen atoms in total. The number of rotatable bonds is 8. The largest absolute Gasteiger partial charge is 0.423 e. The SMILES string of the molecule is COC(C(=O)N/N=C/c1ccc(OC(=O)/C=C/c2ccccc2)cc1)c1ccccc1. The second-order valence-electron chi connectivity index (χ2n) is 6.49. The molecular weight excluding hydrogens is 392 g/mol. The van der Waals surface area contributed by atoms with Gasteiger partial charge in [0.25, 0.3) is 5.91 Å². The molecule has 0 aliphatic carbocycles. The molecule has 0 saturated heterocycles. The van der Waals surface area contributed by atoms with Crippen LogP contribution in [0.3, 0.4) is 0 Å². The second-order valence-corrected chi connectivity index (χ2v) is 6.49. The Kier molecular flexibility index (Phi) is 7.85. The van der Waals surface area contributed by atoms with Gasteiger partial charge in [-0.25, -0.2) is 10.2 Å². The zero-order valence-corrected chi connectivity index (χ0v) is 17.0. The number of hydrogen-bond donors (Lipinski definition) is 1. The van der Waals surface area contributed by atoms with Crippen molar-refractivity contribution in [1.82, 2.24) is 5.43 Å². The van der Waals surface area contributed by atoms with E-state index in [1.807, 2.05) is 60.7 Å². The van der Waals surface area contributed by atoms with Crippen molar-refractivity contribution in [2.24, 2.45) is 5.10 Å². The fraction of sp³-hybridized carbons (Fsp3) is 0.0800. The van der Waals surface area contributed by atoms with E-state index in [-0.39, 0.29) is 5.91 Å². The molecule has 0 bridgehead atoms. The molecule has 6 heteroatoms. The molecule has 3 aromatic rings. The number of nitrogens with one attached hydrogen (secondary N) is 1. The highest BCUT2D eigenvalue weighted by Crippen LogP contribution is 2.16. The summed E-state index contributed by atoms with van der Waals surface area (Å²) in [6.07, 6.45) is 3.81. The van der Waals surface area contributed by atoms with Crippen LogP contribution < -0.4 is 10.2 Å². The number of hydrogen-bond acceptors (Lipinski definition) is 5. The van der Waals surface area contributed by atoms with E-state index in [0.29, 0.717) is 5.75 Å². The number of carbonyl (C=O) groups is 2. The first-order valence-electron chi connectivity index (χ1n) is 9.61. The monoisotopic (exact) mass is 414 g/mol. The van der Waals surface area contributed by atoms with Gasteiger partial charge in [-0.05, 0) is 47.0 Å².